The number of nitriles is 1. The second-order valence-electron chi connectivity index (χ2n) is 5.49. The third-order valence-corrected chi connectivity index (χ3v) is 4.37. The first-order chi connectivity index (χ1) is 13.0. The molecule has 1 unspecified atom stereocenters. The summed E-state index contributed by atoms with van der Waals surface area (Å²) >= 11 is 1.79. The Kier molecular flexibility index (Phi) is 14.6. The Morgan fingerprint density at radius 1 is 1.56 bits per heavy atom. The largest absolute Gasteiger partial charge is 0.480 e. The van der Waals surface area contributed by atoms with Crippen molar-refractivity contribution < 1.29 is 9.90 Å². The number of aliphatic imine (C=N–C) groups is 1. The Hall–Kier alpha value is -2.29. The normalized spacial score (nSPS) is 11.7. The summed E-state index contributed by atoms with van der Waals surface area (Å²) in [5.74, 6) is 1.39. The summed E-state index contributed by atoms with van der Waals surface area (Å²) in [5.41, 5.74) is 12.6. The zero-order valence-corrected chi connectivity index (χ0v) is 16.7. The lowest BCUT2D eigenvalue weighted by molar-refractivity contribution is -0.138. The first kappa shape index (κ1) is 24.7. The van der Waals surface area contributed by atoms with E-state index in [9.17, 15) is 4.79 Å². The highest BCUT2D eigenvalue weighted by atomic mass is 32.2. The molecule has 0 saturated heterocycles. The molecule has 0 radical (unpaired) electrons. The van der Waals surface area contributed by atoms with Gasteiger partial charge >= 0.3 is 5.97 Å². The van der Waals surface area contributed by atoms with Crippen LogP contribution in [0, 0.1) is 18.4 Å². The third-order valence-electron chi connectivity index (χ3n) is 3.40. The lowest BCUT2D eigenvalue weighted by Gasteiger charge is -2.06. The number of H-pyrrole nitrogens is 1. The molecule has 1 aromatic heterocycles. The molecule has 0 aliphatic rings. The number of hydrogen-bond acceptors (Lipinski definition) is 7. The van der Waals surface area contributed by atoms with Crippen LogP contribution in [0.15, 0.2) is 11.3 Å². The molecule has 1 heterocycles. The standard InChI is InChI=1S/C10H16N6S.C6H14N2O2/c1-8-9(16-7-15-8)5-17-4-3-13-10(12-2)14-6-11;7-4-2-1-3-5(8)6(9)10/h7H,3-5H2,1-2H3,(H,15,16)(H2,12,13,14);5H,1-4,7-8H2,(H,9,10). The van der Waals surface area contributed by atoms with Crippen LogP contribution in [-0.4, -0.2) is 58.9 Å². The maximum atomic E-state index is 10.1. The summed E-state index contributed by atoms with van der Waals surface area (Å²) in [6.45, 7) is 3.38. The number of nitrogens with zero attached hydrogens (tertiary/aromatic N) is 3. The van der Waals surface area contributed by atoms with Crippen molar-refractivity contribution in [2.75, 3.05) is 25.9 Å². The van der Waals surface area contributed by atoms with Gasteiger partial charge in [-0.15, -0.1) is 0 Å². The number of thioether (sulfide) groups is 1. The molecule has 1 atom stereocenters. The number of carbonyl (C=O) groups is 1. The quantitative estimate of drug-likeness (QED) is 0.105. The van der Waals surface area contributed by atoms with Crippen LogP contribution in [0.4, 0.5) is 0 Å². The maximum absolute atomic E-state index is 10.1. The van der Waals surface area contributed by atoms with E-state index in [1.807, 2.05) is 13.1 Å². The second kappa shape index (κ2) is 15.9. The van der Waals surface area contributed by atoms with Gasteiger partial charge in [-0.3, -0.25) is 15.1 Å². The fourth-order valence-corrected chi connectivity index (χ4v) is 2.68. The average Bonchev–Trinajstić information content (AvgIpc) is 3.06. The molecule has 0 saturated carbocycles. The minimum absolute atomic E-state index is 0.504. The van der Waals surface area contributed by atoms with E-state index in [4.69, 9.17) is 21.8 Å². The average molecular weight is 399 g/mol. The number of aromatic nitrogens is 2. The Labute approximate surface area is 164 Å². The van der Waals surface area contributed by atoms with Gasteiger partial charge in [0.2, 0.25) is 5.96 Å². The first-order valence-electron chi connectivity index (χ1n) is 8.57. The molecule has 152 valence electrons. The van der Waals surface area contributed by atoms with E-state index in [0.717, 1.165) is 42.3 Å². The SMILES string of the molecule is CN=C(NC#N)NCCSCc1nc[nH]c1C.NCCCCC(N)C(=O)O. The molecule has 0 fully saturated rings. The van der Waals surface area contributed by atoms with Gasteiger partial charge in [-0.25, -0.2) is 4.98 Å². The van der Waals surface area contributed by atoms with Crippen LogP contribution in [0.1, 0.15) is 30.7 Å². The van der Waals surface area contributed by atoms with Gasteiger partial charge in [0, 0.05) is 30.8 Å². The number of nitrogens with two attached hydrogens (primary N) is 2. The van der Waals surface area contributed by atoms with E-state index in [1.165, 1.54) is 0 Å². The Morgan fingerprint density at radius 3 is 2.81 bits per heavy atom. The van der Waals surface area contributed by atoms with Crippen molar-refractivity contribution in [2.45, 2.75) is 38.0 Å². The number of aromatic amines is 1. The van der Waals surface area contributed by atoms with Gasteiger partial charge in [0.1, 0.15) is 6.04 Å². The Morgan fingerprint density at radius 2 is 2.30 bits per heavy atom. The summed E-state index contributed by atoms with van der Waals surface area (Å²) in [5, 5.41) is 22.2. The maximum Gasteiger partial charge on any atom is 0.320 e. The fourth-order valence-electron chi connectivity index (χ4n) is 1.81. The van der Waals surface area contributed by atoms with E-state index in [0.29, 0.717) is 18.9 Å². The topological polar surface area (TPSA) is 178 Å². The monoisotopic (exact) mass is 398 g/mol. The number of imidazole rings is 1. The minimum Gasteiger partial charge on any atom is -0.480 e. The number of guanidine groups is 1. The number of unbranched alkanes of at least 4 members (excludes halogenated alkanes) is 1. The number of rotatable bonds is 10. The molecule has 1 rings (SSSR count). The molecule has 0 aromatic carbocycles. The molecule has 11 heteroatoms. The van der Waals surface area contributed by atoms with E-state index >= 15 is 0 Å². The van der Waals surface area contributed by atoms with E-state index in [1.54, 1.807) is 25.1 Å². The summed E-state index contributed by atoms with van der Waals surface area (Å²) in [6, 6.07) is -0.716. The molecule has 1 aromatic rings. The van der Waals surface area contributed by atoms with E-state index in [2.05, 4.69) is 25.6 Å². The predicted octanol–water partition coefficient (Wildman–Crippen LogP) is 0.125. The predicted molar refractivity (Wildman–Crippen MR) is 108 cm³/mol. The van der Waals surface area contributed by atoms with Crippen LogP contribution in [-0.2, 0) is 10.5 Å². The zero-order chi connectivity index (χ0) is 20.5. The Balaban J connectivity index is 0.000000580. The van der Waals surface area contributed by atoms with Gasteiger partial charge in [0.25, 0.3) is 0 Å². The lowest BCUT2D eigenvalue weighted by Crippen LogP contribution is -2.35. The smallest absolute Gasteiger partial charge is 0.320 e. The number of hydrogen-bond donors (Lipinski definition) is 6. The van der Waals surface area contributed by atoms with Crippen molar-refractivity contribution in [2.24, 2.45) is 16.5 Å². The number of aryl methyl sites for hydroxylation is 1. The summed E-state index contributed by atoms with van der Waals surface area (Å²) in [4.78, 5) is 21.3. The van der Waals surface area contributed by atoms with Gasteiger partial charge in [0.05, 0.1) is 12.0 Å². The highest BCUT2D eigenvalue weighted by Gasteiger charge is 2.09. The van der Waals surface area contributed by atoms with Crippen LogP contribution in [0.5, 0.6) is 0 Å². The highest BCUT2D eigenvalue weighted by Crippen LogP contribution is 2.11. The fraction of sp³-hybridized carbons (Fsp3) is 0.625. The van der Waals surface area contributed by atoms with Crippen molar-refractivity contribution in [3.05, 3.63) is 17.7 Å². The van der Waals surface area contributed by atoms with Crippen LogP contribution in [0.3, 0.4) is 0 Å². The molecule has 0 amide bonds. The van der Waals surface area contributed by atoms with Crippen LogP contribution in [0.2, 0.25) is 0 Å². The molecular formula is C16H30N8O2S. The van der Waals surface area contributed by atoms with Gasteiger partial charge in [-0.2, -0.15) is 17.0 Å². The third kappa shape index (κ3) is 12.7. The van der Waals surface area contributed by atoms with Crippen molar-refractivity contribution in [3.8, 4) is 6.19 Å². The van der Waals surface area contributed by atoms with Gasteiger partial charge < -0.3 is 26.9 Å². The van der Waals surface area contributed by atoms with E-state index in [-0.39, 0.29) is 0 Å². The molecule has 8 N–H and O–H groups in total. The van der Waals surface area contributed by atoms with Gasteiger partial charge in [-0.1, -0.05) is 6.42 Å². The molecule has 0 spiro atoms. The van der Waals surface area contributed by atoms with E-state index < -0.39 is 12.0 Å². The number of carboxylic acid groups (broad SMARTS) is 1. The number of nitrogens with one attached hydrogen (secondary N) is 3. The van der Waals surface area contributed by atoms with Crippen LogP contribution in [0.25, 0.3) is 0 Å². The number of carboxylic acids is 1. The first-order valence-corrected chi connectivity index (χ1v) is 9.72. The zero-order valence-electron chi connectivity index (χ0n) is 15.9. The highest BCUT2D eigenvalue weighted by molar-refractivity contribution is 7.98. The summed E-state index contributed by atoms with van der Waals surface area (Å²) < 4.78 is 0. The second-order valence-corrected chi connectivity index (χ2v) is 6.60. The Bertz CT molecular complexity index is 599. The molecule has 0 aliphatic heterocycles. The molecule has 0 aliphatic carbocycles. The lowest BCUT2D eigenvalue weighted by atomic mass is 10.1. The van der Waals surface area contributed by atoms with Gasteiger partial charge in [0.15, 0.2) is 6.19 Å². The molecule has 10 nitrogen and oxygen atoms in total. The summed E-state index contributed by atoms with van der Waals surface area (Å²) in [7, 11) is 1.63. The van der Waals surface area contributed by atoms with Crippen molar-refractivity contribution >= 4 is 23.7 Å². The van der Waals surface area contributed by atoms with Gasteiger partial charge in [-0.05, 0) is 26.3 Å². The van der Waals surface area contributed by atoms with Crippen LogP contribution >= 0.6 is 11.8 Å². The van der Waals surface area contributed by atoms with Crippen molar-refractivity contribution in [1.29, 1.82) is 5.26 Å². The minimum atomic E-state index is -0.933. The van der Waals surface area contributed by atoms with Crippen LogP contribution < -0.4 is 22.1 Å². The summed E-state index contributed by atoms with van der Waals surface area (Å²) in [6.07, 6.45) is 5.70. The van der Waals surface area contributed by atoms with Crippen molar-refractivity contribution in [1.82, 2.24) is 20.6 Å². The molecule has 27 heavy (non-hydrogen) atoms. The molecular weight excluding hydrogens is 368 g/mol. The number of aliphatic carboxylic acids is 1. The van der Waals surface area contributed by atoms with Crippen molar-refractivity contribution in [3.63, 3.8) is 0 Å². The molecule has 0 bridgehead atoms.